The Kier molecular flexibility index (Phi) is 5.95. The van der Waals surface area contributed by atoms with Gasteiger partial charge in [0.15, 0.2) is 5.58 Å². The van der Waals surface area contributed by atoms with Gasteiger partial charge in [-0.05, 0) is 39.3 Å². The monoisotopic (exact) mass is 667 g/mol. The standard InChI is InChI=1S/C46H29N3OSi/c1-4-16-30(17-5-1)42-41-37-24-12-15-27-40(37)51(31-18-6-2-7-19-31,32-20-8-3-9-21-32)45(41)48-46(47-42)49-38-25-13-10-22-33(38)35-28-29-36-34-23-11-14-26-39(34)50-44(36)43(35)49/h1-29H. The number of fused-ring (bicyclic) bond motifs is 10. The van der Waals surface area contributed by atoms with Crippen LogP contribution in [-0.2, 0) is 0 Å². The highest BCUT2D eigenvalue weighted by Crippen LogP contribution is 2.41. The highest BCUT2D eigenvalue weighted by atomic mass is 28.3. The van der Waals surface area contributed by atoms with Gasteiger partial charge in [0.2, 0.25) is 14.0 Å². The second-order valence-electron chi connectivity index (χ2n) is 13.3. The molecule has 5 heteroatoms. The van der Waals surface area contributed by atoms with Crippen LogP contribution in [0.15, 0.2) is 180 Å². The van der Waals surface area contributed by atoms with Crippen molar-refractivity contribution in [2.75, 3.05) is 0 Å². The Morgan fingerprint density at radius 3 is 1.86 bits per heavy atom. The molecule has 0 bridgehead atoms. The molecule has 4 heterocycles. The molecular weight excluding hydrogens is 639 g/mol. The minimum atomic E-state index is -2.94. The zero-order valence-electron chi connectivity index (χ0n) is 27.5. The topological polar surface area (TPSA) is 43.9 Å². The maximum absolute atomic E-state index is 6.73. The van der Waals surface area contributed by atoms with Gasteiger partial charge in [-0.1, -0.05) is 158 Å². The number of nitrogens with zero attached hydrogens (tertiary/aromatic N) is 3. The zero-order valence-corrected chi connectivity index (χ0v) is 28.5. The molecule has 0 saturated carbocycles. The summed E-state index contributed by atoms with van der Waals surface area (Å²) in [4.78, 5) is 11.4. The quantitative estimate of drug-likeness (QED) is 0.177. The van der Waals surface area contributed by atoms with E-state index in [4.69, 9.17) is 14.4 Å². The first-order valence-electron chi connectivity index (χ1n) is 17.3. The lowest BCUT2D eigenvalue weighted by atomic mass is 10.0. The molecule has 0 amide bonds. The summed E-state index contributed by atoms with van der Waals surface area (Å²) in [5, 5.41) is 9.47. The fourth-order valence-corrected chi connectivity index (χ4v) is 13.6. The van der Waals surface area contributed by atoms with Crippen molar-refractivity contribution in [3.63, 3.8) is 0 Å². The van der Waals surface area contributed by atoms with E-state index in [1.165, 1.54) is 21.1 Å². The average Bonchev–Trinajstić information content (AvgIpc) is 3.85. The van der Waals surface area contributed by atoms with Crippen LogP contribution in [0.5, 0.6) is 0 Å². The predicted octanol–water partition coefficient (Wildman–Crippen LogP) is 8.50. The van der Waals surface area contributed by atoms with Crippen LogP contribution >= 0.6 is 0 Å². The van der Waals surface area contributed by atoms with E-state index in [1.54, 1.807) is 0 Å². The van der Waals surface area contributed by atoms with Gasteiger partial charge in [0.05, 0.1) is 16.5 Å². The van der Waals surface area contributed by atoms with E-state index in [1.807, 2.05) is 12.1 Å². The molecule has 0 spiro atoms. The second-order valence-corrected chi connectivity index (χ2v) is 16.9. The van der Waals surface area contributed by atoms with Gasteiger partial charge in [-0.2, -0.15) is 0 Å². The first-order chi connectivity index (χ1) is 25.3. The highest BCUT2D eigenvalue weighted by molar-refractivity contribution is 7.21. The molecule has 51 heavy (non-hydrogen) atoms. The lowest BCUT2D eigenvalue weighted by Crippen LogP contribution is -2.73. The van der Waals surface area contributed by atoms with Crippen LogP contribution in [0.25, 0.3) is 72.1 Å². The predicted molar refractivity (Wildman–Crippen MR) is 212 cm³/mol. The molecule has 11 rings (SSSR count). The van der Waals surface area contributed by atoms with E-state index >= 15 is 0 Å². The molecule has 1 aliphatic heterocycles. The van der Waals surface area contributed by atoms with Crippen molar-refractivity contribution < 1.29 is 4.42 Å². The largest absolute Gasteiger partial charge is 0.454 e. The third kappa shape index (κ3) is 3.84. The fourth-order valence-electron chi connectivity index (χ4n) is 8.60. The summed E-state index contributed by atoms with van der Waals surface area (Å²) in [6, 6.07) is 62.9. The van der Waals surface area contributed by atoms with Gasteiger partial charge < -0.3 is 4.42 Å². The van der Waals surface area contributed by atoms with Crippen LogP contribution in [0.1, 0.15) is 0 Å². The summed E-state index contributed by atoms with van der Waals surface area (Å²) in [7, 11) is -2.94. The minimum Gasteiger partial charge on any atom is -0.454 e. The van der Waals surface area contributed by atoms with E-state index in [0.29, 0.717) is 5.95 Å². The van der Waals surface area contributed by atoms with Crippen molar-refractivity contribution in [2.45, 2.75) is 0 Å². The normalized spacial score (nSPS) is 13.3. The molecule has 7 aromatic carbocycles. The number of hydrogen-bond acceptors (Lipinski definition) is 3. The number of furan rings is 1. The van der Waals surface area contributed by atoms with Crippen molar-refractivity contribution in [3.8, 4) is 28.3 Å². The van der Waals surface area contributed by atoms with Crippen molar-refractivity contribution in [1.82, 2.24) is 14.5 Å². The Hall–Kier alpha value is -6.56. The molecule has 0 atom stereocenters. The van der Waals surface area contributed by atoms with Crippen molar-refractivity contribution in [2.24, 2.45) is 0 Å². The Bertz CT molecular complexity index is 2930. The molecule has 0 N–H and O–H groups in total. The first kappa shape index (κ1) is 28.3. The number of aromatic nitrogens is 3. The van der Waals surface area contributed by atoms with Crippen LogP contribution in [0, 0.1) is 0 Å². The summed E-state index contributed by atoms with van der Waals surface area (Å²) >= 11 is 0. The third-order valence-electron chi connectivity index (χ3n) is 10.7. The molecule has 0 unspecified atom stereocenters. The SMILES string of the molecule is c1ccc(-c2nc(-n3c4ccccc4c4ccc5c6ccccc6oc5c43)nc3c2-c2ccccc2[Si]3(c2ccccc2)c2ccccc2)cc1. The van der Waals surface area contributed by atoms with Gasteiger partial charge >= 0.3 is 0 Å². The molecule has 10 aromatic rings. The average molecular weight is 668 g/mol. The van der Waals surface area contributed by atoms with Crippen LogP contribution < -0.4 is 20.9 Å². The number of para-hydroxylation sites is 2. The van der Waals surface area contributed by atoms with Gasteiger partial charge in [0, 0.05) is 32.7 Å². The van der Waals surface area contributed by atoms with Gasteiger partial charge in [-0.15, -0.1) is 0 Å². The van der Waals surface area contributed by atoms with Gasteiger partial charge in [0.1, 0.15) is 11.1 Å². The number of benzene rings is 7. The summed E-state index contributed by atoms with van der Waals surface area (Å²) in [5.74, 6) is 0.642. The minimum absolute atomic E-state index is 0.642. The number of hydrogen-bond donors (Lipinski definition) is 0. The molecule has 3 aromatic heterocycles. The molecule has 1 aliphatic rings. The lowest BCUT2D eigenvalue weighted by molar-refractivity contribution is 0.671. The zero-order chi connectivity index (χ0) is 33.5. The summed E-state index contributed by atoms with van der Waals surface area (Å²) in [5.41, 5.74) is 8.06. The van der Waals surface area contributed by atoms with Crippen molar-refractivity contribution in [1.29, 1.82) is 0 Å². The molecule has 0 fully saturated rings. The molecule has 4 nitrogen and oxygen atoms in total. The highest BCUT2D eigenvalue weighted by Gasteiger charge is 2.51. The van der Waals surface area contributed by atoms with Crippen molar-refractivity contribution in [3.05, 3.63) is 176 Å². The molecule has 238 valence electrons. The molecule has 0 saturated heterocycles. The van der Waals surface area contributed by atoms with Gasteiger partial charge in [-0.25, -0.2) is 9.97 Å². The Morgan fingerprint density at radius 1 is 0.490 bits per heavy atom. The summed E-state index contributed by atoms with van der Waals surface area (Å²) in [6.45, 7) is 0. The summed E-state index contributed by atoms with van der Waals surface area (Å²) < 4.78 is 8.98. The molecule has 0 aliphatic carbocycles. The van der Waals surface area contributed by atoms with Crippen LogP contribution in [-0.4, -0.2) is 22.6 Å². The maximum Gasteiger partial charge on any atom is 0.235 e. The van der Waals surface area contributed by atoms with E-state index in [2.05, 4.69) is 168 Å². The van der Waals surface area contributed by atoms with E-state index in [0.717, 1.165) is 65.9 Å². The fraction of sp³-hybridized carbons (Fsp3) is 0. The van der Waals surface area contributed by atoms with Gasteiger partial charge in [-0.3, -0.25) is 4.57 Å². The van der Waals surface area contributed by atoms with Crippen LogP contribution in [0.3, 0.4) is 0 Å². The number of rotatable bonds is 4. The Morgan fingerprint density at radius 2 is 1.10 bits per heavy atom. The van der Waals surface area contributed by atoms with Gasteiger partial charge in [0.25, 0.3) is 0 Å². The van der Waals surface area contributed by atoms with E-state index in [9.17, 15) is 0 Å². The Balaban J connectivity index is 1.35. The van der Waals surface area contributed by atoms with Crippen molar-refractivity contribution >= 4 is 72.7 Å². The van der Waals surface area contributed by atoms with Crippen LogP contribution in [0.4, 0.5) is 0 Å². The molecule has 0 radical (unpaired) electrons. The summed E-state index contributed by atoms with van der Waals surface area (Å²) in [6.07, 6.45) is 0. The van der Waals surface area contributed by atoms with E-state index in [-0.39, 0.29) is 0 Å². The second kappa shape index (κ2) is 10.7. The maximum atomic E-state index is 6.73. The Labute approximate surface area is 294 Å². The van der Waals surface area contributed by atoms with E-state index < -0.39 is 8.07 Å². The smallest absolute Gasteiger partial charge is 0.235 e. The third-order valence-corrected chi connectivity index (χ3v) is 15.4. The van der Waals surface area contributed by atoms with Crippen LogP contribution in [0.2, 0.25) is 0 Å². The first-order valence-corrected chi connectivity index (χ1v) is 19.3. The molecular formula is C46H29N3OSi. The lowest BCUT2D eigenvalue weighted by Gasteiger charge is -2.30.